The first-order chi connectivity index (χ1) is 7.89. The maximum absolute atomic E-state index is 11.1. The quantitative estimate of drug-likeness (QED) is 0.488. The number of carboxylic acid groups (broad SMARTS) is 1. The van der Waals surface area contributed by atoms with Crippen molar-refractivity contribution < 1.29 is 9.90 Å². The minimum atomic E-state index is -0.642. The molecule has 1 N–H and O–H groups in total. The Morgan fingerprint density at radius 2 is 1.53 bits per heavy atom. The zero-order valence-corrected chi connectivity index (χ0v) is 13.1. The molecule has 2 nitrogen and oxygen atoms in total. The number of hydrogen-bond donors (Lipinski definition) is 1. The van der Waals surface area contributed by atoms with Crippen LogP contribution in [-0.4, -0.2) is 16.4 Å². The normalized spacial score (nSPS) is 13.6. The number of carboxylic acids is 1. The standard InChI is InChI=1S/C14H27BrO2/c1-14(2,3)12(13(16)17)10-8-6-4-5-7-9-11-15/h12H,4-11H2,1-3H3,(H,16,17). The number of halogens is 1. The van der Waals surface area contributed by atoms with Crippen LogP contribution in [0.3, 0.4) is 0 Å². The second-order valence-electron chi connectivity index (χ2n) is 5.86. The highest BCUT2D eigenvalue weighted by Gasteiger charge is 2.30. The van der Waals surface area contributed by atoms with E-state index in [-0.39, 0.29) is 11.3 Å². The second kappa shape index (κ2) is 8.96. The molecule has 0 rings (SSSR count). The first-order valence-electron chi connectivity index (χ1n) is 6.68. The van der Waals surface area contributed by atoms with Gasteiger partial charge in [0.25, 0.3) is 0 Å². The average Bonchev–Trinajstić information content (AvgIpc) is 2.19. The third-order valence-corrected chi connectivity index (χ3v) is 3.78. The van der Waals surface area contributed by atoms with E-state index >= 15 is 0 Å². The molecule has 0 aromatic carbocycles. The van der Waals surface area contributed by atoms with Gasteiger partial charge in [0.1, 0.15) is 0 Å². The van der Waals surface area contributed by atoms with Crippen molar-refractivity contribution in [2.75, 3.05) is 5.33 Å². The summed E-state index contributed by atoms with van der Waals surface area (Å²) in [5.74, 6) is -0.846. The number of rotatable bonds is 9. The molecular formula is C14H27BrO2. The molecule has 0 spiro atoms. The van der Waals surface area contributed by atoms with Crippen molar-refractivity contribution in [3.63, 3.8) is 0 Å². The van der Waals surface area contributed by atoms with Gasteiger partial charge in [-0.3, -0.25) is 4.79 Å². The summed E-state index contributed by atoms with van der Waals surface area (Å²) in [7, 11) is 0. The lowest BCUT2D eigenvalue weighted by Crippen LogP contribution is -2.28. The number of carbonyl (C=O) groups is 1. The third kappa shape index (κ3) is 8.64. The Bertz CT molecular complexity index is 209. The molecule has 0 amide bonds. The molecule has 0 bridgehead atoms. The van der Waals surface area contributed by atoms with Crippen LogP contribution < -0.4 is 0 Å². The van der Waals surface area contributed by atoms with Crippen molar-refractivity contribution in [3.05, 3.63) is 0 Å². The van der Waals surface area contributed by atoms with E-state index in [4.69, 9.17) is 0 Å². The van der Waals surface area contributed by atoms with E-state index < -0.39 is 5.97 Å². The minimum Gasteiger partial charge on any atom is -0.481 e. The van der Waals surface area contributed by atoms with Gasteiger partial charge in [-0.25, -0.2) is 0 Å². The molecule has 0 saturated carbocycles. The van der Waals surface area contributed by atoms with Gasteiger partial charge in [0.15, 0.2) is 0 Å². The average molecular weight is 307 g/mol. The molecule has 0 aromatic heterocycles. The molecule has 0 aromatic rings. The maximum Gasteiger partial charge on any atom is 0.307 e. The summed E-state index contributed by atoms with van der Waals surface area (Å²) in [5.41, 5.74) is -0.123. The Kier molecular flexibility index (Phi) is 8.93. The van der Waals surface area contributed by atoms with Gasteiger partial charge in [-0.05, 0) is 18.3 Å². The lowest BCUT2D eigenvalue weighted by molar-refractivity contribution is -0.145. The Balaban J connectivity index is 3.67. The first-order valence-corrected chi connectivity index (χ1v) is 7.80. The predicted molar refractivity (Wildman–Crippen MR) is 76.7 cm³/mol. The van der Waals surface area contributed by atoms with Gasteiger partial charge in [-0.2, -0.15) is 0 Å². The summed E-state index contributed by atoms with van der Waals surface area (Å²) in [6.07, 6.45) is 8.08. The Hall–Kier alpha value is -0.0500. The SMILES string of the molecule is CC(C)(C)C(CCCCCCCCBr)C(=O)O. The van der Waals surface area contributed by atoms with Crippen LogP contribution in [0.25, 0.3) is 0 Å². The highest BCUT2D eigenvalue weighted by Crippen LogP contribution is 2.30. The first kappa shape index (κ1) is 16.9. The van der Waals surface area contributed by atoms with Crippen LogP contribution in [-0.2, 0) is 4.79 Å². The van der Waals surface area contributed by atoms with Crippen LogP contribution in [0.1, 0.15) is 65.7 Å². The lowest BCUT2D eigenvalue weighted by atomic mass is 9.78. The van der Waals surface area contributed by atoms with Gasteiger partial charge in [-0.1, -0.05) is 68.8 Å². The van der Waals surface area contributed by atoms with Crippen molar-refractivity contribution in [2.24, 2.45) is 11.3 Å². The van der Waals surface area contributed by atoms with Gasteiger partial charge < -0.3 is 5.11 Å². The molecule has 102 valence electrons. The summed E-state index contributed by atoms with van der Waals surface area (Å²) < 4.78 is 0. The van der Waals surface area contributed by atoms with Crippen LogP contribution in [0.15, 0.2) is 0 Å². The van der Waals surface area contributed by atoms with Crippen LogP contribution in [0.4, 0.5) is 0 Å². The number of aliphatic carboxylic acids is 1. The fraction of sp³-hybridized carbons (Fsp3) is 0.929. The molecule has 3 heteroatoms. The van der Waals surface area contributed by atoms with Crippen LogP contribution in [0.2, 0.25) is 0 Å². The fourth-order valence-corrected chi connectivity index (χ4v) is 2.47. The largest absolute Gasteiger partial charge is 0.481 e. The highest BCUT2D eigenvalue weighted by molar-refractivity contribution is 9.09. The molecule has 17 heavy (non-hydrogen) atoms. The van der Waals surface area contributed by atoms with E-state index in [0.717, 1.165) is 18.2 Å². The summed E-state index contributed by atoms with van der Waals surface area (Å²) in [6, 6.07) is 0. The van der Waals surface area contributed by atoms with Crippen molar-refractivity contribution in [2.45, 2.75) is 65.7 Å². The number of unbranched alkanes of at least 4 members (excludes halogenated alkanes) is 5. The Labute approximate surface area is 114 Å². The van der Waals surface area contributed by atoms with E-state index in [9.17, 15) is 9.90 Å². The topological polar surface area (TPSA) is 37.3 Å². The number of hydrogen-bond acceptors (Lipinski definition) is 1. The van der Waals surface area contributed by atoms with Crippen molar-refractivity contribution in [1.82, 2.24) is 0 Å². The number of alkyl halides is 1. The van der Waals surface area contributed by atoms with Crippen molar-refractivity contribution in [1.29, 1.82) is 0 Å². The van der Waals surface area contributed by atoms with Gasteiger partial charge in [0.2, 0.25) is 0 Å². The Morgan fingerprint density at radius 3 is 1.94 bits per heavy atom. The third-order valence-electron chi connectivity index (χ3n) is 3.22. The smallest absolute Gasteiger partial charge is 0.307 e. The molecule has 0 saturated heterocycles. The Morgan fingerprint density at radius 1 is 1.06 bits per heavy atom. The summed E-state index contributed by atoms with van der Waals surface area (Å²) >= 11 is 3.42. The van der Waals surface area contributed by atoms with Crippen molar-refractivity contribution >= 4 is 21.9 Å². The van der Waals surface area contributed by atoms with Gasteiger partial charge in [0.05, 0.1) is 5.92 Å². The zero-order valence-electron chi connectivity index (χ0n) is 11.5. The zero-order chi connectivity index (χ0) is 13.3. The monoisotopic (exact) mass is 306 g/mol. The van der Waals surface area contributed by atoms with Crippen LogP contribution >= 0.6 is 15.9 Å². The molecule has 0 radical (unpaired) electrons. The maximum atomic E-state index is 11.1. The molecule has 0 aliphatic heterocycles. The van der Waals surface area contributed by atoms with Gasteiger partial charge >= 0.3 is 5.97 Å². The van der Waals surface area contributed by atoms with E-state index in [0.29, 0.717) is 0 Å². The predicted octanol–water partition coefficient (Wildman–Crippen LogP) is 4.86. The highest BCUT2D eigenvalue weighted by atomic mass is 79.9. The second-order valence-corrected chi connectivity index (χ2v) is 6.65. The van der Waals surface area contributed by atoms with Gasteiger partial charge in [-0.15, -0.1) is 0 Å². The van der Waals surface area contributed by atoms with E-state index in [1.165, 1.54) is 32.1 Å². The summed E-state index contributed by atoms with van der Waals surface area (Å²) in [5, 5.41) is 10.3. The molecular weight excluding hydrogens is 280 g/mol. The fourth-order valence-electron chi connectivity index (χ4n) is 2.08. The van der Waals surface area contributed by atoms with Gasteiger partial charge in [0, 0.05) is 5.33 Å². The van der Waals surface area contributed by atoms with E-state index in [1.807, 2.05) is 20.8 Å². The molecule has 0 fully saturated rings. The molecule has 1 atom stereocenters. The van der Waals surface area contributed by atoms with Crippen molar-refractivity contribution in [3.8, 4) is 0 Å². The van der Waals surface area contributed by atoms with Crippen LogP contribution in [0.5, 0.6) is 0 Å². The van der Waals surface area contributed by atoms with Crippen LogP contribution in [0, 0.1) is 11.3 Å². The summed E-state index contributed by atoms with van der Waals surface area (Å²) in [6.45, 7) is 6.05. The summed E-state index contributed by atoms with van der Waals surface area (Å²) in [4.78, 5) is 11.1. The van der Waals surface area contributed by atoms with E-state index in [1.54, 1.807) is 0 Å². The minimum absolute atomic E-state index is 0.123. The van der Waals surface area contributed by atoms with E-state index in [2.05, 4.69) is 15.9 Å². The molecule has 0 aliphatic rings. The molecule has 1 unspecified atom stereocenters. The lowest BCUT2D eigenvalue weighted by Gasteiger charge is -2.26. The molecule has 0 heterocycles. The molecule has 0 aliphatic carbocycles.